The summed E-state index contributed by atoms with van der Waals surface area (Å²) in [5, 5.41) is 3.04. The average Bonchev–Trinajstić information content (AvgIpc) is 2.42. The summed E-state index contributed by atoms with van der Waals surface area (Å²) in [5.74, 6) is -1.05. The van der Waals surface area contributed by atoms with Gasteiger partial charge in [0.25, 0.3) is 0 Å². The van der Waals surface area contributed by atoms with Crippen LogP contribution < -0.4 is 5.32 Å². The summed E-state index contributed by atoms with van der Waals surface area (Å²) >= 11 is 5.86. The van der Waals surface area contributed by atoms with E-state index in [1.165, 1.54) is 0 Å². The van der Waals surface area contributed by atoms with Gasteiger partial charge in [-0.05, 0) is 12.1 Å². The zero-order valence-electron chi connectivity index (χ0n) is 6.58. The van der Waals surface area contributed by atoms with E-state index in [1.54, 1.807) is 18.2 Å². The van der Waals surface area contributed by atoms with Crippen molar-refractivity contribution in [2.24, 2.45) is 0 Å². The van der Waals surface area contributed by atoms with Crippen molar-refractivity contribution in [1.29, 1.82) is 0 Å². The predicted octanol–water partition coefficient (Wildman–Crippen LogP) is 1.57. The van der Waals surface area contributed by atoms with Crippen molar-refractivity contribution < 1.29 is 9.59 Å². The number of benzene rings is 1. The molecule has 4 heteroatoms. The molecule has 0 unspecified atom stereocenters. The van der Waals surface area contributed by atoms with Crippen LogP contribution in [0.25, 0.3) is 0 Å². The Kier molecular flexibility index (Phi) is 1.81. The second-order valence-corrected chi connectivity index (χ2v) is 3.21. The monoisotopic (exact) mass is 195 g/mol. The summed E-state index contributed by atoms with van der Waals surface area (Å²) < 4.78 is 0. The fourth-order valence-corrected chi connectivity index (χ4v) is 1.73. The number of aldehydes is 1. The standard InChI is InChI=1S/C9H6ClNO2/c10-6-2-1-3-7-8(6)5(4-12)9(13)11-7/h1-5H,(H,11,13)/t5-/m1/s1. The maximum absolute atomic E-state index is 11.2. The second kappa shape index (κ2) is 2.85. The Morgan fingerprint density at radius 2 is 2.23 bits per heavy atom. The van der Waals surface area contributed by atoms with Crippen molar-refractivity contribution >= 4 is 29.5 Å². The Labute approximate surface area is 79.7 Å². The first-order valence-corrected chi connectivity index (χ1v) is 4.16. The minimum absolute atomic E-state index is 0.307. The summed E-state index contributed by atoms with van der Waals surface area (Å²) in [7, 11) is 0. The van der Waals surface area contributed by atoms with Crippen molar-refractivity contribution in [3.05, 3.63) is 28.8 Å². The number of halogens is 1. The van der Waals surface area contributed by atoms with Crippen molar-refractivity contribution in [3.8, 4) is 0 Å². The van der Waals surface area contributed by atoms with Crippen LogP contribution in [0.4, 0.5) is 5.69 Å². The fourth-order valence-electron chi connectivity index (χ4n) is 1.43. The molecule has 0 radical (unpaired) electrons. The number of anilines is 1. The second-order valence-electron chi connectivity index (χ2n) is 2.80. The van der Waals surface area contributed by atoms with E-state index >= 15 is 0 Å². The molecule has 0 saturated carbocycles. The van der Waals surface area contributed by atoms with Gasteiger partial charge in [-0.15, -0.1) is 0 Å². The Morgan fingerprint density at radius 3 is 2.92 bits per heavy atom. The van der Waals surface area contributed by atoms with Gasteiger partial charge in [0.05, 0.1) is 0 Å². The van der Waals surface area contributed by atoms with Gasteiger partial charge >= 0.3 is 0 Å². The molecule has 1 aromatic rings. The van der Waals surface area contributed by atoms with Crippen molar-refractivity contribution in [2.45, 2.75) is 5.92 Å². The lowest BCUT2D eigenvalue weighted by molar-refractivity contribution is -0.121. The maximum Gasteiger partial charge on any atom is 0.239 e. The number of fused-ring (bicyclic) bond motifs is 1. The lowest BCUT2D eigenvalue weighted by atomic mass is 10.0. The van der Waals surface area contributed by atoms with Gasteiger partial charge < -0.3 is 10.1 Å². The zero-order chi connectivity index (χ0) is 9.42. The van der Waals surface area contributed by atoms with Gasteiger partial charge in [0.2, 0.25) is 5.91 Å². The van der Waals surface area contributed by atoms with Gasteiger partial charge in [0.1, 0.15) is 12.2 Å². The number of nitrogens with one attached hydrogen (secondary N) is 1. The smallest absolute Gasteiger partial charge is 0.239 e. The van der Waals surface area contributed by atoms with Crippen LogP contribution in [-0.2, 0) is 9.59 Å². The molecule has 2 rings (SSSR count). The Balaban J connectivity index is 2.62. The molecule has 3 nitrogen and oxygen atoms in total. The molecule has 0 saturated heterocycles. The van der Waals surface area contributed by atoms with Crippen LogP contribution in [0.3, 0.4) is 0 Å². The lowest BCUT2D eigenvalue weighted by Crippen LogP contribution is -2.12. The van der Waals surface area contributed by atoms with E-state index in [-0.39, 0.29) is 5.91 Å². The van der Waals surface area contributed by atoms with Crippen molar-refractivity contribution in [1.82, 2.24) is 0 Å². The molecule has 0 aliphatic carbocycles. The van der Waals surface area contributed by atoms with Gasteiger partial charge in [-0.2, -0.15) is 0 Å². The molecule has 0 aromatic heterocycles. The molecular formula is C9H6ClNO2. The number of amides is 1. The highest BCUT2D eigenvalue weighted by atomic mass is 35.5. The maximum atomic E-state index is 11.2. The fraction of sp³-hybridized carbons (Fsp3) is 0.111. The largest absolute Gasteiger partial charge is 0.325 e. The quantitative estimate of drug-likeness (QED) is 0.546. The average molecular weight is 196 g/mol. The SMILES string of the molecule is O=C[C@H]1C(=O)Nc2cccc(Cl)c21. The van der Waals surface area contributed by atoms with E-state index < -0.39 is 5.92 Å². The summed E-state index contributed by atoms with van der Waals surface area (Å²) in [5.41, 5.74) is 1.22. The first-order valence-electron chi connectivity index (χ1n) is 3.78. The molecular weight excluding hydrogens is 190 g/mol. The van der Waals surface area contributed by atoms with Gasteiger partial charge in [-0.25, -0.2) is 0 Å². The molecule has 13 heavy (non-hydrogen) atoms. The van der Waals surface area contributed by atoms with Crippen molar-refractivity contribution in [2.75, 3.05) is 5.32 Å². The molecule has 1 N–H and O–H groups in total. The Bertz CT molecular complexity index is 389. The van der Waals surface area contributed by atoms with E-state index in [2.05, 4.69) is 5.32 Å². The minimum Gasteiger partial charge on any atom is -0.325 e. The molecule has 0 bridgehead atoms. The van der Waals surface area contributed by atoms with Gasteiger partial charge in [0, 0.05) is 16.3 Å². The third kappa shape index (κ3) is 1.12. The highest BCUT2D eigenvalue weighted by Gasteiger charge is 2.31. The molecule has 1 aromatic carbocycles. The van der Waals surface area contributed by atoms with E-state index in [1.807, 2.05) is 0 Å². The number of hydrogen-bond acceptors (Lipinski definition) is 2. The summed E-state index contributed by atoms with van der Waals surface area (Å²) in [6, 6.07) is 5.12. The Hall–Kier alpha value is -1.35. The van der Waals surface area contributed by atoms with Crippen LogP contribution in [0, 0.1) is 0 Å². The van der Waals surface area contributed by atoms with Crippen molar-refractivity contribution in [3.63, 3.8) is 0 Å². The molecule has 0 spiro atoms. The van der Waals surface area contributed by atoms with Crippen LogP contribution in [0.5, 0.6) is 0 Å². The third-order valence-corrected chi connectivity index (χ3v) is 2.37. The molecule has 1 aliphatic heterocycles. The number of hydrogen-bond donors (Lipinski definition) is 1. The number of carbonyl (C=O) groups excluding carboxylic acids is 2. The topological polar surface area (TPSA) is 46.2 Å². The number of rotatable bonds is 1. The van der Waals surface area contributed by atoms with Crippen LogP contribution in [0.1, 0.15) is 11.5 Å². The zero-order valence-corrected chi connectivity index (χ0v) is 7.34. The normalized spacial score (nSPS) is 19.5. The first kappa shape index (κ1) is 8.26. The first-order chi connectivity index (χ1) is 6.24. The highest BCUT2D eigenvalue weighted by molar-refractivity contribution is 6.33. The predicted molar refractivity (Wildman–Crippen MR) is 48.9 cm³/mol. The molecule has 66 valence electrons. The molecule has 1 heterocycles. The van der Waals surface area contributed by atoms with Gasteiger partial charge in [0.15, 0.2) is 0 Å². The van der Waals surface area contributed by atoms with Gasteiger partial charge in [-0.1, -0.05) is 17.7 Å². The summed E-state index contributed by atoms with van der Waals surface area (Å²) in [4.78, 5) is 21.8. The third-order valence-electron chi connectivity index (χ3n) is 2.04. The number of carbonyl (C=O) groups is 2. The van der Waals surface area contributed by atoms with Gasteiger partial charge in [-0.3, -0.25) is 4.79 Å². The summed E-state index contributed by atoms with van der Waals surface area (Å²) in [6.45, 7) is 0. The highest BCUT2D eigenvalue weighted by Crippen LogP contribution is 2.36. The van der Waals surface area contributed by atoms with Crippen LogP contribution in [-0.4, -0.2) is 12.2 Å². The molecule has 1 atom stereocenters. The summed E-state index contributed by atoms with van der Waals surface area (Å²) in [6.07, 6.45) is 0.604. The van der Waals surface area contributed by atoms with Crippen LogP contribution in [0.15, 0.2) is 18.2 Å². The molecule has 1 aliphatic rings. The van der Waals surface area contributed by atoms with Crippen LogP contribution in [0.2, 0.25) is 5.02 Å². The minimum atomic E-state index is -0.747. The van der Waals surface area contributed by atoms with E-state index in [4.69, 9.17) is 11.6 Å². The Morgan fingerprint density at radius 1 is 1.46 bits per heavy atom. The lowest BCUT2D eigenvalue weighted by Gasteiger charge is -2.01. The molecule has 0 fully saturated rings. The molecule has 1 amide bonds. The van der Waals surface area contributed by atoms with Crippen LogP contribution >= 0.6 is 11.6 Å². The van der Waals surface area contributed by atoms with E-state index in [0.717, 1.165) is 0 Å². The van der Waals surface area contributed by atoms with E-state index in [9.17, 15) is 9.59 Å². The van der Waals surface area contributed by atoms with E-state index in [0.29, 0.717) is 22.6 Å².